The lowest BCUT2D eigenvalue weighted by molar-refractivity contribution is -0.144. The lowest BCUT2D eigenvalue weighted by Crippen LogP contribution is -2.50. The van der Waals surface area contributed by atoms with E-state index >= 15 is 0 Å². The Bertz CT molecular complexity index is 403. The van der Waals surface area contributed by atoms with E-state index in [-0.39, 0.29) is 17.9 Å². The summed E-state index contributed by atoms with van der Waals surface area (Å²) in [4.78, 5) is 26.6. The average Bonchev–Trinajstić information content (AvgIpc) is 2.95. The quantitative estimate of drug-likeness (QED) is 0.820. The molecule has 0 radical (unpaired) electrons. The largest absolute Gasteiger partial charge is 0.354 e. The van der Waals surface area contributed by atoms with Crippen LogP contribution in [-0.4, -0.2) is 54.0 Å². The first-order chi connectivity index (χ1) is 10.4. The van der Waals surface area contributed by atoms with Crippen LogP contribution in [0.1, 0.15) is 40.0 Å². The molecule has 0 bridgehead atoms. The maximum Gasteiger partial charge on any atom is 0.243 e. The van der Waals surface area contributed by atoms with E-state index in [1.807, 2.05) is 20.8 Å². The molecule has 2 saturated heterocycles. The number of piperidine rings is 1. The predicted octanol–water partition coefficient (Wildman–Crippen LogP) is 1.44. The summed E-state index contributed by atoms with van der Waals surface area (Å²) in [6, 6.07) is -0.304. The van der Waals surface area contributed by atoms with Crippen LogP contribution in [0.5, 0.6) is 0 Å². The molecule has 2 heterocycles. The molecule has 0 aliphatic carbocycles. The number of nitrogens with one attached hydrogen (secondary N) is 2. The monoisotopic (exact) mass is 327 g/mol. The second-order valence-corrected chi connectivity index (χ2v) is 8.33. The highest BCUT2D eigenvalue weighted by atomic mass is 32.2. The average molecular weight is 327 g/mol. The van der Waals surface area contributed by atoms with Gasteiger partial charge in [0.15, 0.2) is 0 Å². The Labute approximate surface area is 138 Å². The third-order valence-electron chi connectivity index (χ3n) is 4.34. The van der Waals surface area contributed by atoms with Crippen molar-refractivity contribution >= 4 is 23.6 Å². The molecule has 0 spiro atoms. The molecule has 2 rings (SSSR count). The van der Waals surface area contributed by atoms with Gasteiger partial charge in [0.05, 0.1) is 5.88 Å². The Morgan fingerprint density at radius 2 is 2.14 bits per heavy atom. The summed E-state index contributed by atoms with van der Waals surface area (Å²) in [5.74, 6) is 2.07. The molecule has 0 aromatic carbocycles. The van der Waals surface area contributed by atoms with E-state index in [1.165, 1.54) is 12.8 Å². The Hall–Kier alpha value is -0.750. The summed E-state index contributed by atoms with van der Waals surface area (Å²) in [5, 5.41) is 6.43. The van der Waals surface area contributed by atoms with Crippen molar-refractivity contribution in [1.82, 2.24) is 15.5 Å². The standard InChI is InChI=1S/C16H29N3O2S/c1-16(2,3)15(21)19-11-22-10-13(19)14(20)18-8-6-12-5-4-7-17-9-12/h12-13,17H,4-11H2,1-3H3,(H,18,20). The minimum atomic E-state index is -0.433. The van der Waals surface area contributed by atoms with E-state index in [2.05, 4.69) is 10.6 Å². The fraction of sp³-hybridized carbons (Fsp3) is 0.875. The van der Waals surface area contributed by atoms with E-state index in [4.69, 9.17) is 0 Å². The molecule has 0 aromatic heterocycles. The Morgan fingerprint density at radius 3 is 2.77 bits per heavy atom. The van der Waals surface area contributed by atoms with Gasteiger partial charge in [-0.25, -0.2) is 0 Å². The van der Waals surface area contributed by atoms with Gasteiger partial charge in [-0.15, -0.1) is 11.8 Å². The number of hydrogen-bond acceptors (Lipinski definition) is 4. The van der Waals surface area contributed by atoms with Crippen molar-refractivity contribution in [2.45, 2.75) is 46.1 Å². The number of rotatable bonds is 4. The van der Waals surface area contributed by atoms with Crippen LogP contribution in [0.25, 0.3) is 0 Å². The molecule has 2 aliphatic heterocycles. The van der Waals surface area contributed by atoms with E-state index < -0.39 is 5.41 Å². The molecule has 0 aromatic rings. The Morgan fingerprint density at radius 1 is 1.36 bits per heavy atom. The zero-order valence-electron chi connectivity index (χ0n) is 14.0. The normalized spacial score (nSPS) is 26.0. The van der Waals surface area contributed by atoms with E-state index in [9.17, 15) is 9.59 Å². The van der Waals surface area contributed by atoms with Crippen molar-refractivity contribution in [3.8, 4) is 0 Å². The zero-order valence-corrected chi connectivity index (χ0v) is 14.8. The fourth-order valence-electron chi connectivity index (χ4n) is 2.98. The lowest BCUT2D eigenvalue weighted by atomic mass is 9.94. The number of hydrogen-bond donors (Lipinski definition) is 2. The van der Waals surface area contributed by atoms with E-state index in [0.717, 1.165) is 19.5 Å². The van der Waals surface area contributed by atoms with Gasteiger partial charge in [0.25, 0.3) is 0 Å². The van der Waals surface area contributed by atoms with Gasteiger partial charge in [0.2, 0.25) is 11.8 Å². The summed E-state index contributed by atoms with van der Waals surface area (Å²) in [7, 11) is 0. The molecule has 126 valence electrons. The number of amides is 2. The third-order valence-corrected chi connectivity index (χ3v) is 5.35. The highest BCUT2D eigenvalue weighted by molar-refractivity contribution is 7.99. The van der Waals surface area contributed by atoms with E-state index in [0.29, 0.717) is 24.1 Å². The van der Waals surface area contributed by atoms with Crippen LogP contribution in [-0.2, 0) is 9.59 Å². The molecule has 2 N–H and O–H groups in total. The number of nitrogens with zero attached hydrogens (tertiary/aromatic N) is 1. The van der Waals surface area contributed by atoms with Gasteiger partial charge in [-0.2, -0.15) is 0 Å². The second-order valence-electron chi connectivity index (χ2n) is 7.33. The highest BCUT2D eigenvalue weighted by Crippen LogP contribution is 2.27. The van der Waals surface area contributed by atoms with Crippen LogP contribution >= 0.6 is 11.8 Å². The van der Waals surface area contributed by atoms with Crippen molar-refractivity contribution in [1.29, 1.82) is 0 Å². The topological polar surface area (TPSA) is 61.4 Å². The first-order valence-corrected chi connectivity index (χ1v) is 9.42. The molecule has 2 amide bonds. The maximum absolute atomic E-state index is 12.4. The smallest absolute Gasteiger partial charge is 0.243 e. The van der Waals surface area contributed by atoms with Crippen LogP contribution in [0.15, 0.2) is 0 Å². The maximum atomic E-state index is 12.4. The van der Waals surface area contributed by atoms with Crippen LogP contribution in [0, 0.1) is 11.3 Å². The van der Waals surface area contributed by atoms with Gasteiger partial charge < -0.3 is 15.5 Å². The van der Waals surface area contributed by atoms with Gasteiger partial charge in [-0.1, -0.05) is 20.8 Å². The van der Waals surface area contributed by atoms with Gasteiger partial charge in [0, 0.05) is 17.7 Å². The number of carbonyl (C=O) groups excluding carboxylic acids is 2. The fourth-order valence-corrected chi connectivity index (χ4v) is 4.13. The molecule has 0 saturated carbocycles. The van der Waals surface area contributed by atoms with Crippen LogP contribution < -0.4 is 10.6 Å². The first kappa shape index (κ1) is 17.6. The van der Waals surface area contributed by atoms with Gasteiger partial charge in [-0.05, 0) is 38.3 Å². The summed E-state index contributed by atoms with van der Waals surface area (Å²) in [6.45, 7) is 8.61. The molecular formula is C16H29N3O2S. The zero-order chi connectivity index (χ0) is 16.2. The van der Waals surface area contributed by atoms with Crippen LogP contribution in [0.4, 0.5) is 0 Å². The summed E-state index contributed by atoms with van der Waals surface area (Å²) in [6.07, 6.45) is 3.49. The minimum Gasteiger partial charge on any atom is -0.354 e. The van der Waals surface area contributed by atoms with Crippen LogP contribution in [0.3, 0.4) is 0 Å². The summed E-state index contributed by atoms with van der Waals surface area (Å²) in [5.41, 5.74) is -0.433. The lowest BCUT2D eigenvalue weighted by Gasteiger charge is -2.29. The summed E-state index contributed by atoms with van der Waals surface area (Å²) < 4.78 is 0. The molecule has 22 heavy (non-hydrogen) atoms. The highest BCUT2D eigenvalue weighted by Gasteiger charge is 2.38. The van der Waals surface area contributed by atoms with Crippen molar-refractivity contribution in [3.05, 3.63) is 0 Å². The van der Waals surface area contributed by atoms with Crippen molar-refractivity contribution in [3.63, 3.8) is 0 Å². The molecule has 5 nitrogen and oxygen atoms in total. The molecule has 6 heteroatoms. The first-order valence-electron chi connectivity index (χ1n) is 8.27. The molecule has 2 unspecified atom stereocenters. The predicted molar refractivity (Wildman–Crippen MR) is 90.6 cm³/mol. The molecule has 2 aliphatic rings. The third kappa shape index (κ3) is 4.62. The molecule has 2 atom stereocenters. The van der Waals surface area contributed by atoms with Gasteiger partial charge in [-0.3, -0.25) is 9.59 Å². The van der Waals surface area contributed by atoms with Crippen LogP contribution in [0.2, 0.25) is 0 Å². The van der Waals surface area contributed by atoms with Crippen molar-refractivity contribution < 1.29 is 9.59 Å². The molecular weight excluding hydrogens is 298 g/mol. The Kier molecular flexibility index (Phi) is 6.15. The SMILES string of the molecule is CC(C)(C)C(=O)N1CSCC1C(=O)NCCC1CCCNC1. The van der Waals surface area contributed by atoms with Crippen molar-refractivity contribution in [2.75, 3.05) is 31.3 Å². The Balaban J connectivity index is 1.79. The van der Waals surface area contributed by atoms with Gasteiger partial charge >= 0.3 is 0 Å². The summed E-state index contributed by atoms with van der Waals surface area (Å²) >= 11 is 1.66. The minimum absolute atomic E-state index is 0.00590. The van der Waals surface area contributed by atoms with Crippen molar-refractivity contribution in [2.24, 2.45) is 11.3 Å². The second kappa shape index (κ2) is 7.68. The van der Waals surface area contributed by atoms with E-state index in [1.54, 1.807) is 16.7 Å². The molecule has 2 fully saturated rings. The van der Waals surface area contributed by atoms with Gasteiger partial charge in [0.1, 0.15) is 6.04 Å². The number of carbonyl (C=O) groups is 2. The number of thioether (sulfide) groups is 1.